The van der Waals surface area contributed by atoms with Crippen molar-refractivity contribution in [2.75, 3.05) is 35.7 Å². The van der Waals surface area contributed by atoms with E-state index in [1.807, 2.05) is 0 Å². The molecule has 1 unspecified atom stereocenters. The molecule has 4 rings (SSSR count). The minimum Gasteiger partial charge on any atom is -0.406 e. The lowest BCUT2D eigenvalue weighted by atomic mass is 10.1. The van der Waals surface area contributed by atoms with E-state index in [1.54, 1.807) is 6.20 Å². The van der Waals surface area contributed by atoms with E-state index < -0.39 is 12.3 Å². The highest BCUT2D eigenvalue weighted by molar-refractivity contribution is 7.19. The summed E-state index contributed by atoms with van der Waals surface area (Å²) in [6.07, 6.45) is -1.05. The van der Waals surface area contributed by atoms with Crippen molar-refractivity contribution in [3.63, 3.8) is 0 Å². The van der Waals surface area contributed by atoms with E-state index >= 15 is 0 Å². The first kappa shape index (κ1) is 25.0. The van der Waals surface area contributed by atoms with Gasteiger partial charge in [-0.15, -0.1) is 33.6 Å². The lowest BCUT2D eigenvalue weighted by Gasteiger charge is -2.16. The number of aliphatic hydroxyl groups excluding tert-OH is 1. The number of carbonyl (C=O) groups excluding carboxylic acids is 1. The number of hydrogen-bond acceptors (Lipinski definition) is 11. The third-order valence-electron chi connectivity index (χ3n) is 4.48. The number of aliphatic hydroxyl groups is 1. The number of alkyl halides is 3. The first-order chi connectivity index (χ1) is 16.3. The predicted molar refractivity (Wildman–Crippen MR) is 118 cm³/mol. The monoisotopic (exact) mass is 498 g/mol. The van der Waals surface area contributed by atoms with Crippen LogP contribution >= 0.6 is 11.3 Å². The first-order valence-corrected chi connectivity index (χ1v) is 10.7. The quantitative estimate of drug-likeness (QED) is 0.444. The SMILES string of the molecule is CO.O=C(Cc1cccc(OC(F)(F)F)c1)Nc1nnc(NC2CCN(c3cncnn3)C2)s1. The van der Waals surface area contributed by atoms with Crippen molar-refractivity contribution in [3.8, 4) is 5.75 Å². The Labute approximate surface area is 196 Å². The molecule has 3 N–H and O–H groups in total. The molecule has 1 aliphatic rings. The fraction of sp³-hybridized carbons (Fsp3) is 0.368. The van der Waals surface area contributed by atoms with Gasteiger partial charge in [-0.05, 0) is 24.1 Å². The molecule has 3 heterocycles. The molecule has 0 radical (unpaired) electrons. The smallest absolute Gasteiger partial charge is 0.406 e. The van der Waals surface area contributed by atoms with Gasteiger partial charge in [-0.1, -0.05) is 23.5 Å². The average molecular weight is 498 g/mol. The summed E-state index contributed by atoms with van der Waals surface area (Å²) < 4.78 is 40.9. The average Bonchev–Trinajstić information content (AvgIpc) is 3.44. The molecular weight excluding hydrogens is 477 g/mol. The number of ether oxygens (including phenoxy) is 1. The minimum absolute atomic E-state index is 0.116. The molecule has 3 aromatic rings. The van der Waals surface area contributed by atoms with Gasteiger partial charge < -0.3 is 25.4 Å². The Morgan fingerprint density at radius 3 is 2.79 bits per heavy atom. The Morgan fingerprint density at radius 1 is 1.26 bits per heavy atom. The number of nitrogens with one attached hydrogen (secondary N) is 2. The molecule has 1 aliphatic heterocycles. The largest absolute Gasteiger partial charge is 0.573 e. The molecule has 1 aromatic carbocycles. The van der Waals surface area contributed by atoms with Gasteiger partial charge in [0.2, 0.25) is 16.2 Å². The summed E-state index contributed by atoms with van der Waals surface area (Å²) in [4.78, 5) is 18.3. The Kier molecular flexibility index (Phi) is 8.48. The van der Waals surface area contributed by atoms with Crippen molar-refractivity contribution in [2.24, 2.45) is 0 Å². The van der Waals surface area contributed by atoms with Crippen molar-refractivity contribution in [2.45, 2.75) is 25.2 Å². The van der Waals surface area contributed by atoms with Crippen LogP contribution in [0.25, 0.3) is 0 Å². The van der Waals surface area contributed by atoms with Crippen LogP contribution in [0, 0.1) is 0 Å². The van der Waals surface area contributed by atoms with Gasteiger partial charge in [0.15, 0.2) is 5.82 Å². The molecule has 1 saturated heterocycles. The second-order valence-electron chi connectivity index (χ2n) is 6.88. The Hall–Kier alpha value is -3.59. The molecular formula is C19H21F3N8O3S. The van der Waals surface area contributed by atoms with Crippen LogP contribution in [0.2, 0.25) is 0 Å². The van der Waals surface area contributed by atoms with Crippen LogP contribution in [0.3, 0.4) is 0 Å². The van der Waals surface area contributed by atoms with Crippen molar-refractivity contribution in [1.82, 2.24) is 25.4 Å². The van der Waals surface area contributed by atoms with Crippen LogP contribution in [0.1, 0.15) is 12.0 Å². The van der Waals surface area contributed by atoms with E-state index in [1.165, 1.54) is 41.9 Å². The van der Waals surface area contributed by atoms with E-state index in [2.05, 4.69) is 45.6 Å². The minimum atomic E-state index is -4.79. The molecule has 1 fully saturated rings. The zero-order valence-electron chi connectivity index (χ0n) is 17.9. The lowest BCUT2D eigenvalue weighted by Crippen LogP contribution is -2.26. The zero-order valence-corrected chi connectivity index (χ0v) is 18.7. The summed E-state index contributed by atoms with van der Waals surface area (Å²) in [7, 11) is 1.00. The van der Waals surface area contributed by atoms with Gasteiger partial charge >= 0.3 is 6.36 Å². The van der Waals surface area contributed by atoms with Crippen LogP contribution in [0.15, 0.2) is 36.8 Å². The summed E-state index contributed by atoms with van der Waals surface area (Å²) >= 11 is 1.17. The number of amides is 1. The number of nitrogens with zero attached hydrogens (tertiary/aromatic N) is 6. The number of halogens is 3. The molecule has 1 amide bonds. The zero-order chi connectivity index (χ0) is 24.6. The number of carbonyl (C=O) groups is 1. The Bertz CT molecular complexity index is 1070. The summed E-state index contributed by atoms with van der Waals surface area (Å²) in [5.41, 5.74) is 0.372. The Morgan fingerprint density at radius 2 is 2.06 bits per heavy atom. The first-order valence-electron chi connectivity index (χ1n) is 9.91. The van der Waals surface area contributed by atoms with E-state index in [4.69, 9.17) is 5.11 Å². The fourth-order valence-corrected chi connectivity index (χ4v) is 3.92. The van der Waals surface area contributed by atoms with Crippen molar-refractivity contribution in [3.05, 3.63) is 42.4 Å². The third kappa shape index (κ3) is 7.48. The highest BCUT2D eigenvalue weighted by Gasteiger charge is 2.31. The number of anilines is 3. The van der Waals surface area contributed by atoms with E-state index in [0.717, 1.165) is 20.1 Å². The second-order valence-corrected chi connectivity index (χ2v) is 7.85. The summed E-state index contributed by atoms with van der Waals surface area (Å²) in [5, 5.41) is 29.5. The molecule has 34 heavy (non-hydrogen) atoms. The van der Waals surface area contributed by atoms with E-state index in [-0.39, 0.29) is 23.3 Å². The normalized spacial score (nSPS) is 15.3. The predicted octanol–water partition coefficient (Wildman–Crippen LogP) is 2.10. The molecule has 11 nitrogen and oxygen atoms in total. The van der Waals surface area contributed by atoms with Gasteiger partial charge in [0.1, 0.15) is 12.1 Å². The van der Waals surface area contributed by atoms with Crippen LogP contribution in [0.5, 0.6) is 5.75 Å². The van der Waals surface area contributed by atoms with Gasteiger partial charge in [0, 0.05) is 26.2 Å². The third-order valence-corrected chi connectivity index (χ3v) is 5.25. The van der Waals surface area contributed by atoms with Crippen molar-refractivity contribution < 1.29 is 27.8 Å². The number of aromatic nitrogens is 5. The summed E-state index contributed by atoms with van der Waals surface area (Å²) in [6.45, 7) is 1.48. The van der Waals surface area contributed by atoms with Gasteiger partial charge in [-0.2, -0.15) is 0 Å². The number of rotatable bonds is 7. The maximum Gasteiger partial charge on any atom is 0.573 e. The van der Waals surface area contributed by atoms with Crippen LogP contribution in [-0.4, -0.2) is 69.0 Å². The molecule has 0 spiro atoms. The van der Waals surface area contributed by atoms with Gasteiger partial charge in [-0.3, -0.25) is 4.79 Å². The van der Waals surface area contributed by atoms with Gasteiger partial charge in [0.25, 0.3) is 0 Å². The fourth-order valence-electron chi connectivity index (χ4n) is 3.18. The molecule has 1 atom stereocenters. The van der Waals surface area contributed by atoms with Crippen molar-refractivity contribution in [1.29, 1.82) is 0 Å². The second kappa shape index (κ2) is 11.5. The van der Waals surface area contributed by atoms with Crippen LogP contribution in [-0.2, 0) is 11.2 Å². The molecule has 0 saturated carbocycles. The number of benzene rings is 1. The van der Waals surface area contributed by atoms with Gasteiger partial charge in [-0.25, -0.2) is 4.98 Å². The standard InChI is InChI=1S/C18H17F3N8O2S.CH4O/c19-18(20,21)31-13-3-1-2-11(6-13)7-15(30)25-17-28-27-16(32-17)24-12-4-5-29(9-12)14-8-22-10-23-26-14;1-2/h1-3,6,8,10,12H,4-5,7,9H2,(H,24,27)(H,25,28,30);2H,1H3. The molecule has 182 valence electrons. The van der Waals surface area contributed by atoms with Crippen LogP contribution in [0.4, 0.5) is 29.3 Å². The van der Waals surface area contributed by atoms with Crippen LogP contribution < -0.4 is 20.3 Å². The molecule has 0 bridgehead atoms. The van der Waals surface area contributed by atoms with Gasteiger partial charge in [0.05, 0.1) is 12.6 Å². The molecule has 2 aromatic heterocycles. The van der Waals surface area contributed by atoms with E-state index in [0.29, 0.717) is 23.1 Å². The lowest BCUT2D eigenvalue weighted by molar-refractivity contribution is -0.274. The van der Waals surface area contributed by atoms with Crippen molar-refractivity contribution >= 4 is 33.3 Å². The highest BCUT2D eigenvalue weighted by Crippen LogP contribution is 2.26. The molecule has 0 aliphatic carbocycles. The number of hydrogen-bond donors (Lipinski definition) is 3. The topological polar surface area (TPSA) is 138 Å². The molecule has 15 heteroatoms. The summed E-state index contributed by atoms with van der Waals surface area (Å²) in [5.74, 6) is -0.112. The maximum atomic E-state index is 12.3. The maximum absolute atomic E-state index is 12.3. The highest BCUT2D eigenvalue weighted by atomic mass is 32.1. The van der Waals surface area contributed by atoms with E-state index in [9.17, 15) is 18.0 Å². The Balaban J connectivity index is 0.00000158. The summed E-state index contributed by atoms with van der Waals surface area (Å²) in [6, 6.07) is 5.37.